The largest absolute Gasteiger partial charge is 0.370 e. The summed E-state index contributed by atoms with van der Waals surface area (Å²) in [5, 5.41) is 3.63. The molecule has 2 saturated heterocycles. The Hall–Kier alpha value is -0.610. The van der Waals surface area contributed by atoms with Crippen LogP contribution >= 0.6 is 0 Å². The van der Waals surface area contributed by atoms with Crippen LogP contribution < -0.4 is 11.1 Å². The van der Waals surface area contributed by atoms with Gasteiger partial charge in [-0.2, -0.15) is 0 Å². The first-order chi connectivity index (χ1) is 9.20. The van der Waals surface area contributed by atoms with Crippen molar-refractivity contribution in [1.82, 2.24) is 10.2 Å². The minimum absolute atomic E-state index is 0.161. The summed E-state index contributed by atoms with van der Waals surface area (Å²) in [6.45, 7) is 4.44. The van der Waals surface area contributed by atoms with Gasteiger partial charge in [-0.3, -0.25) is 9.69 Å². The van der Waals surface area contributed by atoms with Crippen molar-refractivity contribution in [3.63, 3.8) is 0 Å². The third-order valence-electron chi connectivity index (χ3n) is 4.71. The van der Waals surface area contributed by atoms with Gasteiger partial charge in [0.25, 0.3) is 0 Å². The number of nitrogens with one attached hydrogen (secondary N) is 1. The van der Waals surface area contributed by atoms with E-state index >= 15 is 0 Å². The van der Waals surface area contributed by atoms with Crippen molar-refractivity contribution >= 4 is 5.91 Å². The van der Waals surface area contributed by atoms with Gasteiger partial charge in [0.2, 0.25) is 5.91 Å². The molecule has 2 unspecified atom stereocenters. The Bertz CT molecular complexity index is 281. The molecule has 2 rings (SSSR count). The van der Waals surface area contributed by atoms with Crippen molar-refractivity contribution in [2.45, 2.75) is 76.4 Å². The minimum atomic E-state index is -0.161. The summed E-state index contributed by atoms with van der Waals surface area (Å²) in [4.78, 5) is 13.5. The molecular weight excluding hydrogens is 238 g/mol. The number of hydrogen-bond donors (Lipinski definition) is 2. The van der Waals surface area contributed by atoms with Crippen LogP contribution in [0.2, 0.25) is 0 Å². The number of unbranched alkanes of at least 4 members (excludes halogenated alkanes) is 1. The molecule has 2 aliphatic heterocycles. The van der Waals surface area contributed by atoms with Crippen LogP contribution in [0.1, 0.15) is 58.3 Å². The molecule has 19 heavy (non-hydrogen) atoms. The van der Waals surface area contributed by atoms with Crippen molar-refractivity contribution in [1.29, 1.82) is 0 Å². The standard InChI is InChI=1S/C15H29N3O/c1-2-17-12-10-13-6-5-7-14(11-12)18(13)9-4-3-8-15(16)19/h12-14,17H,2-11H2,1H3,(H2,16,19). The van der Waals surface area contributed by atoms with E-state index in [1.165, 1.54) is 32.1 Å². The van der Waals surface area contributed by atoms with E-state index in [9.17, 15) is 4.79 Å². The molecule has 4 heteroatoms. The molecule has 2 aliphatic rings. The normalized spacial score (nSPS) is 31.3. The summed E-state index contributed by atoms with van der Waals surface area (Å²) in [5.41, 5.74) is 5.19. The molecule has 0 spiro atoms. The smallest absolute Gasteiger partial charge is 0.217 e. The predicted molar refractivity (Wildman–Crippen MR) is 77.9 cm³/mol. The minimum Gasteiger partial charge on any atom is -0.370 e. The highest BCUT2D eigenvalue weighted by Crippen LogP contribution is 2.34. The Kier molecular flexibility index (Phi) is 5.64. The summed E-state index contributed by atoms with van der Waals surface area (Å²) in [7, 11) is 0. The average Bonchev–Trinajstić information content (AvgIpc) is 2.35. The Balaban J connectivity index is 1.79. The maximum absolute atomic E-state index is 10.8. The van der Waals surface area contributed by atoms with Crippen LogP contribution in [0.4, 0.5) is 0 Å². The van der Waals surface area contributed by atoms with Gasteiger partial charge in [0.1, 0.15) is 0 Å². The molecule has 0 aromatic rings. The lowest BCUT2D eigenvalue weighted by molar-refractivity contribution is -0.118. The van der Waals surface area contributed by atoms with Gasteiger partial charge in [0, 0.05) is 24.5 Å². The van der Waals surface area contributed by atoms with Crippen LogP contribution in [-0.2, 0) is 4.79 Å². The Labute approximate surface area is 117 Å². The zero-order chi connectivity index (χ0) is 13.7. The number of carbonyl (C=O) groups excluding carboxylic acids is 1. The zero-order valence-electron chi connectivity index (χ0n) is 12.2. The molecule has 110 valence electrons. The molecule has 0 radical (unpaired) electrons. The molecule has 2 bridgehead atoms. The molecule has 0 saturated carbocycles. The van der Waals surface area contributed by atoms with Crippen LogP contribution in [0, 0.1) is 0 Å². The summed E-state index contributed by atoms with van der Waals surface area (Å²) in [6, 6.07) is 2.26. The highest BCUT2D eigenvalue weighted by molar-refractivity contribution is 5.73. The van der Waals surface area contributed by atoms with Crippen LogP contribution in [0.5, 0.6) is 0 Å². The van der Waals surface area contributed by atoms with Gasteiger partial charge in [0.15, 0.2) is 0 Å². The molecule has 0 aromatic heterocycles. The summed E-state index contributed by atoms with van der Waals surface area (Å²) < 4.78 is 0. The first-order valence-corrected chi connectivity index (χ1v) is 7.98. The number of nitrogens with two attached hydrogens (primary N) is 1. The number of piperidine rings is 2. The second kappa shape index (κ2) is 7.25. The van der Waals surface area contributed by atoms with Gasteiger partial charge in [-0.05, 0) is 51.6 Å². The van der Waals surface area contributed by atoms with Gasteiger partial charge < -0.3 is 11.1 Å². The van der Waals surface area contributed by atoms with Crippen LogP contribution in [-0.4, -0.2) is 42.0 Å². The fourth-order valence-corrected chi connectivity index (χ4v) is 3.89. The van der Waals surface area contributed by atoms with E-state index in [1.807, 2.05) is 0 Å². The van der Waals surface area contributed by atoms with Crippen molar-refractivity contribution in [2.75, 3.05) is 13.1 Å². The molecule has 2 atom stereocenters. The lowest BCUT2D eigenvalue weighted by atomic mass is 9.81. The van der Waals surface area contributed by atoms with Crippen molar-refractivity contribution in [3.8, 4) is 0 Å². The van der Waals surface area contributed by atoms with Gasteiger partial charge >= 0.3 is 0 Å². The van der Waals surface area contributed by atoms with E-state index in [1.54, 1.807) is 0 Å². The molecule has 4 nitrogen and oxygen atoms in total. The number of hydrogen-bond acceptors (Lipinski definition) is 3. The van der Waals surface area contributed by atoms with E-state index in [0.29, 0.717) is 6.42 Å². The SMILES string of the molecule is CCNC1CC2CCCC(C1)N2CCCCC(N)=O. The zero-order valence-corrected chi connectivity index (χ0v) is 12.2. The van der Waals surface area contributed by atoms with E-state index in [-0.39, 0.29) is 5.91 Å². The second-order valence-electron chi connectivity index (χ2n) is 6.13. The summed E-state index contributed by atoms with van der Waals surface area (Å²) in [6.07, 6.45) is 9.32. The highest BCUT2D eigenvalue weighted by Gasteiger charge is 2.37. The Morgan fingerprint density at radius 3 is 2.53 bits per heavy atom. The monoisotopic (exact) mass is 267 g/mol. The van der Waals surface area contributed by atoms with Gasteiger partial charge in [-0.15, -0.1) is 0 Å². The molecule has 0 aliphatic carbocycles. The molecule has 1 amide bonds. The molecular formula is C15H29N3O. The van der Waals surface area contributed by atoms with Gasteiger partial charge in [-0.1, -0.05) is 13.3 Å². The van der Waals surface area contributed by atoms with Crippen LogP contribution in [0.15, 0.2) is 0 Å². The molecule has 2 heterocycles. The quantitative estimate of drug-likeness (QED) is 0.689. The number of rotatable bonds is 7. The number of amides is 1. The third kappa shape index (κ3) is 4.18. The Morgan fingerprint density at radius 2 is 1.95 bits per heavy atom. The molecule has 0 aromatic carbocycles. The predicted octanol–water partition coefficient (Wildman–Crippen LogP) is 1.64. The van der Waals surface area contributed by atoms with Gasteiger partial charge in [-0.25, -0.2) is 0 Å². The maximum atomic E-state index is 10.8. The second-order valence-corrected chi connectivity index (χ2v) is 6.13. The fraction of sp³-hybridized carbons (Fsp3) is 0.933. The average molecular weight is 267 g/mol. The lowest BCUT2D eigenvalue weighted by Crippen LogP contribution is -2.56. The van der Waals surface area contributed by atoms with E-state index < -0.39 is 0 Å². The van der Waals surface area contributed by atoms with Crippen molar-refractivity contribution < 1.29 is 4.79 Å². The highest BCUT2D eigenvalue weighted by atomic mass is 16.1. The number of primary amides is 1. The fourth-order valence-electron chi connectivity index (χ4n) is 3.89. The van der Waals surface area contributed by atoms with Gasteiger partial charge in [0.05, 0.1) is 0 Å². The van der Waals surface area contributed by atoms with Crippen LogP contribution in [0.25, 0.3) is 0 Å². The number of fused-ring (bicyclic) bond motifs is 2. The molecule has 3 N–H and O–H groups in total. The van der Waals surface area contributed by atoms with Crippen LogP contribution in [0.3, 0.4) is 0 Å². The van der Waals surface area contributed by atoms with E-state index in [2.05, 4.69) is 17.1 Å². The third-order valence-corrected chi connectivity index (χ3v) is 4.71. The van der Waals surface area contributed by atoms with Crippen molar-refractivity contribution in [3.05, 3.63) is 0 Å². The first-order valence-electron chi connectivity index (χ1n) is 7.98. The topological polar surface area (TPSA) is 58.4 Å². The van der Waals surface area contributed by atoms with E-state index in [4.69, 9.17) is 5.73 Å². The van der Waals surface area contributed by atoms with Crippen molar-refractivity contribution in [2.24, 2.45) is 5.73 Å². The Morgan fingerprint density at radius 1 is 1.26 bits per heavy atom. The number of nitrogens with zero attached hydrogens (tertiary/aromatic N) is 1. The maximum Gasteiger partial charge on any atom is 0.217 e. The summed E-state index contributed by atoms with van der Waals surface area (Å²) in [5.74, 6) is -0.161. The first kappa shape index (κ1) is 14.8. The summed E-state index contributed by atoms with van der Waals surface area (Å²) >= 11 is 0. The number of carbonyl (C=O) groups is 1. The lowest BCUT2D eigenvalue weighted by Gasteiger charge is -2.49. The molecule has 2 fully saturated rings. The van der Waals surface area contributed by atoms with E-state index in [0.717, 1.165) is 44.1 Å².